The van der Waals surface area contributed by atoms with Crippen LogP contribution in [0.25, 0.3) is 0 Å². The largest absolute Gasteiger partial charge is 0.508 e. The van der Waals surface area contributed by atoms with Gasteiger partial charge >= 0.3 is 5.97 Å². The monoisotopic (exact) mass is 572 g/mol. The molecule has 0 saturated heterocycles. The summed E-state index contributed by atoms with van der Waals surface area (Å²) in [4.78, 5) is 51.4. The molecule has 0 saturated carbocycles. The van der Waals surface area contributed by atoms with Crippen LogP contribution in [0.15, 0.2) is 54.6 Å². The standard InChI is InChI=1S/C29H40N4O6S/c1-4-18(2)25(28(37)31-23(29(38)39)14-15-40-3)33-27(36)24(17-19-8-6-5-7-9-19)32-26(35)22(30)16-20-10-12-21(34)13-11-20/h5-13,18,22-25,34H,4,14-17,30H2,1-3H3,(H,31,37)(H,32,35)(H,33,36)(H,38,39). The van der Waals surface area contributed by atoms with Crippen LogP contribution in [0.5, 0.6) is 5.75 Å². The van der Waals surface area contributed by atoms with Gasteiger partial charge in [-0.15, -0.1) is 0 Å². The van der Waals surface area contributed by atoms with E-state index in [9.17, 15) is 29.4 Å². The van der Waals surface area contributed by atoms with Crippen molar-refractivity contribution in [3.63, 3.8) is 0 Å². The summed E-state index contributed by atoms with van der Waals surface area (Å²) in [5, 5.41) is 27.1. The highest BCUT2D eigenvalue weighted by Crippen LogP contribution is 2.13. The molecule has 0 radical (unpaired) electrons. The summed E-state index contributed by atoms with van der Waals surface area (Å²) in [5.41, 5.74) is 7.68. The Hall–Kier alpha value is -3.57. The van der Waals surface area contributed by atoms with Crippen LogP contribution in [0.1, 0.15) is 37.8 Å². The molecule has 0 aliphatic carbocycles. The van der Waals surface area contributed by atoms with E-state index < -0.39 is 47.9 Å². The van der Waals surface area contributed by atoms with Crippen LogP contribution in [0.3, 0.4) is 0 Å². The van der Waals surface area contributed by atoms with Crippen LogP contribution < -0.4 is 21.7 Å². The Kier molecular flexibility index (Phi) is 13.5. The van der Waals surface area contributed by atoms with E-state index in [1.54, 1.807) is 19.1 Å². The quantitative estimate of drug-likeness (QED) is 0.177. The lowest BCUT2D eigenvalue weighted by atomic mass is 9.96. The molecule has 0 heterocycles. The Morgan fingerprint density at radius 1 is 0.850 bits per heavy atom. The number of carbonyl (C=O) groups excluding carboxylic acids is 3. The van der Waals surface area contributed by atoms with Crippen LogP contribution in [0.4, 0.5) is 0 Å². The van der Waals surface area contributed by atoms with E-state index in [1.165, 1.54) is 23.9 Å². The van der Waals surface area contributed by atoms with Gasteiger partial charge in [0.05, 0.1) is 6.04 Å². The molecule has 0 spiro atoms. The molecule has 10 nitrogen and oxygen atoms in total. The topological polar surface area (TPSA) is 171 Å². The van der Waals surface area contributed by atoms with Crippen LogP contribution in [-0.2, 0) is 32.0 Å². The number of benzene rings is 2. The molecule has 7 N–H and O–H groups in total. The first kappa shape index (κ1) is 32.6. The first-order chi connectivity index (χ1) is 19.0. The minimum Gasteiger partial charge on any atom is -0.508 e. The number of rotatable bonds is 16. The molecule has 2 aromatic carbocycles. The Balaban J connectivity index is 2.21. The normalized spacial score (nSPS) is 14.7. The molecule has 0 aromatic heterocycles. The molecule has 5 unspecified atom stereocenters. The zero-order valence-corrected chi connectivity index (χ0v) is 23.9. The fourth-order valence-electron chi connectivity index (χ4n) is 4.03. The summed E-state index contributed by atoms with van der Waals surface area (Å²) in [5.74, 6) is -2.52. The molecule has 0 bridgehead atoms. The van der Waals surface area contributed by atoms with Crippen molar-refractivity contribution < 1.29 is 29.4 Å². The second kappa shape index (κ2) is 16.5. The maximum absolute atomic E-state index is 13.5. The molecule has 0 fully saturated rings. The molecule has 5 atom stereocenters. The first-order valence-electron chi connectivity index (χ1n) is 13.3. The third-order valence-electron chi connectivity index (χ3n) is 6.66. The lowest BCUT2D eigenvalue weighted by Gasteiger charge is -2.28. The summed E-state index contributed by atoms with van der Waals surface area (Å²) < 4.78 is 0. The van der Waals surface area contributed by atoms with Gasteiger partial charge in [-0.25, -0.2) is 4.79 Å². The molecular formula is C29H40N4O6S. The van der Waals surface area contributed by atoms with E-state index in [0.29, 0.717) is 12.2 Å². The number of carboxylic acids is 1. The summed E-state index contributed by atoms with van der Waals surface area (Å²) in [6.45, 7) is 3.66. The van der Waals surface area contributed by atoms with Crippen LogP contribution >= 0.6 is 11.8 Å². The Labute approximate surface area is 239 Å². The van der Waals surface area contributed by atoms with E-state index in [1.807, 2.05) is 43.5 Å². The lowest BCUT2D eigenvalue weighted by molar-refractivity contribution is -0.142. The second-order valence-corrected chi connectivity index (χ2v) is 10.8. The van der Waals surface area contributed by atoms with E-state index in [2.05, 4.69) is 16.0 Å². The maximum Gasteiger partial charge on any atom is 0.326 e. The third-order valence-corrected chi connectivity index (χ3v) is 7.31. The van der Waals surface area contributed by atoms with Crippen molar-refractivity contribution in [3.05, 3.63) is 65.7 Å². The Bertz CT molecular complexity index is 1120. The number of phenolic OH excluding ortho intramolecular Hbond substituents is 1. The highest BCUT2D eigenvalue weighted by atomic mass is 32.2. The van der Waals surface area contributed by atoms with Crippen molar-refractivity contribution >= 4 is 35.5 Å². The number of hydrogen-bond acceptors (Lipinski definition) is 7. The summed E-state index contributed by atoms with van der Waals surface area (Å²) in [7, 11) is 0. The van der Waals surface area contributed by atoms with Crippen LogP contribution in [-0.4, -0.2) is 70.1 Å². The fraction of sp³-hybridized carbons (Fsp3) is 0.448. The van der Waals surface area contributed by atoms with Crippen molar-refractivity contribution in [2.24, 2.45) is 11.7 Å². The molecular weight excluding hydrogens is 532 g/mol. The maximum atomic E-state index is 13.5. The zero-order chi connectivity index (χ0) is 29.7. The van der Waals surface area contributed by atoms with Crippen molar-refractivity contribution in [2.45, 2.75) is 63.7 Å². The van der Waals surface area contributed by atoms with Crippen molar-refractivity contribution in [1.29, 1.82) is 0 Å². The molecule has 0 aliphatic rings. The zero-order valence-electron chi connectivity index (χ0n) is 23.1. The highest BCUT2D eigenvalue weighted by Gasteiger charge is 2.32. The predicted molar refractivity (Wildman–Crippen MR) is 156 cm³/mol. The number of aliphatic carboxylic acids is 1. The van der Waals surface area contributed by atoms with Crippen molar-refractivity contribution in [2.75, 3.05) is 12.0 Å². The van der Waals surface area contributed by atoms with Gasteiger partial charge in [0.15, 0.2) is 0 Å². The van der Waals surface area contributed by atoms with Gasteiger partial charge in [0.1, 0.15) is 23.9 Å². The number of carbonyl (C=O) groups is 4. The Morgan fingerprint density at radius 2 is 1.45 bits per heavy atom. The molecule has 3 amide bonds. The van der Waals surface area contributed by atoms with Crippen molar-refractivity contribution in [3.8, 4) is 5.75 Å². The highest BCUT2D eigenvalue weighted by molar-refractivity contribution is 7.98. The molecule has 11 heteroatoms. The summed E-state index contributed by atoms with van der Waals surface area (Å²) in [6, 6.07) is 11.4. The number of phenols is 1. The van der Waals surface area contributed by atoms with E-state index >= 15 is 0 Å². The number of nitrogens with one attached hydrogen (secondary N) is 3. The number of nitrogens with two attached hydrogens (primary N) is 1. The number of hydrogen-bond donors (Lipinski definition) is 6. The minimum atomic E-state index is -1.14. The predicted octanol–water partition coefficient (Wildman–Crippen LogP) is 1.84. The van der Waals surface area contributed by atoms with Gasteiger partial charge in [0.2, 0.25) is 17.7 Å². The van der Waals surface area contributed by atoms with Crippen molar-refractivity contribution in [1.82, 2.24) is 16.0 Å². The second-order valence-electron chi connectivity index (χ2n) is 9.78. The Morgan fingerprint density at radius 3 is 2.02 bits per heavy atom. The van der Waals surface area contributed by atoms with Gasteiger partial charge in [-0.05, 0) is 54.0 Å². The minimum absolute atomic E-state index is 0.0974. The molecule has 0 aliphatic heterocycles. The summed E-state index contributed by atoms with van der Waals surface area (Å²) >= 11 is 1.47. The smallest absolute Gasteiger partial charge is 0.326 e. The number of carboxylic acid groups (broad SMARTS) is 1. The van der Waals surface area contributed by atoms with E-state index in [4.69, 9.17) is 5.73 Å². The van der Waals surface area contributed by atoms with Gasteiger partial charge in [-0.1, -0.05) is 62.7 Å². The SMILES string of the molecule is CCC(C)C(NC(=O)C(Cc1ccccc1)NC(=O)C(N)Cc1ccc(O)cc1)C(=O)NC(CCSC)C(=O)O. The van der Waals surface area contributed by atoms with Crippen LogP contribution in [0, 0.1) is 5.92 Å². The summed E-state index contributed by atoms with van der Waals surface area (Å²) in [6.07, 6.45) is 2.99. The third kappa shape index (κ3) is 10.5. The van der Waals surface area contributed by atoms with E-state index in [0.717, 1.165) is 11.1 Å². The van der Waals surface area contributed by atoms with Gasteiger partial charge in [0, 0.05) is 6.42 Å². The molecule has 2 aromatic rings. The van der Waals surface area contributed by atoms with Crippen LogP contribution in [0.2, 0.25) is 0 Å². The van der Waals surface area contributed by atoms with Gasteiger partial charge < -0.3 is 31.9 Å². The van der Waals surface area contributed by atoms with E-state index in [-0.39, 0.29) is 30.9 Å². The van der Waals surface area contributed by atoms with Gasteiger partial charge in [-0.3, -0.25) is 14.4 Å². The number of aromatic hydroxyl groups is 1. The average Bonchev–Trinajstić information content (AvgIpc) is 2.94. The number of amides is 3. The molecule has 2 rings (SSSR count). The number of thioether (sulfide) groups is 1. The average molecular weight is 573 g/mol. The molecule has 218 valence electrons. The lowest BCUT2D eigenvalue weighted by Crippen LogP contribution is -2.59. The fourth-order valence-corrected chi connectivity index (χ4v) is 4.50. The molecule has 40 heavy (non-hydrogen) atoms. The first-order valence-corrected chi connectivity index (χ1v) is 14.6. The van der Waals surface area contributed by atoms with Gasteiger partial charge in [-0.2, -0.15) is 11.8 Å². The van der Waals surface area contributed by atoms with Gasteiger partial charge in [0.25, 0.3) is 0 Å².